The highest BCUT2D eigenvalue weighted by Crippen LogP contribution is 2.30. The fraction of sp³-hybridized carbons (Fsp3) is 0.250. The van der Waals surface area contributed by atoms with Gasteiger partial charge in [0.25, 0.3) is 11.8 Å². The van der Waals surface area contributed by atoms with Gasteiger partial charge in [-0.15, -0.1) is 0 Å². The maximum Gasteiger partial charge on any atom is 0.275 e. The summed E-state index contributed by atoms with van der Waals surface area (Å²) in [6.07, 6.45) is 9.27. The number of carbonyl (C=O) groups is 2. The highest BCUT2D eigenvalue weighted by molar-refractivity contribution is 6.30. The van der Waals surface area contributed by atoms with Crippen molar-refractivity contribution >= 4 is 40.5 Å². The van der Waals surface area contributed by atoms with Gasteiger partial charge >= 0.3 is 0 Å². The second kappa shape index (κ2) is 9.90. The van der Waals surface area contributed by atoms with E-state index < -0.39 is 0 Å². The van der Waals surface area contributed by atoms with Gasteiger partial charge in [0.15, 0.2) is 0 Å². The quantitative estimate of drug-likeness (QED) is 0.352. The summed E-state index contributed by atoms with van der Waals surface area (Å²) >= 11 is 6.20. The van der Waals surface area contributed by atoms with Crippen LogP contribution in [-0.2, 0) is 6.42 Å². The van der Waals surface area contributed by atoms with Crippen molar-refractivity contribution in [3.8, 4) is 0 Å². The van der Waals surface area contributed by atoms with E-state index in [1.165, 1.54) is 5.56 Å². The van der Waals surface area contributed by atoms with Crippen LogP contribution >= 0.6 is 11.6 Å². The number of carbonyl (C=O) groups excluding carboxylic acids is 2. The Labute approximate surface area is 224 Å². The molecule has 5 aromatic rings. The number of piperidine rings is 1. The van der Waals surface area contributed by atoms with Crippen LogP contribution in [0.15, 0.2) is 67.3 Å². The van der Waals surface area contributed by atoms with Crippen molar-refractivity contribution in [2.45, 2.75) is 32.1 Å². The number of aryl methyl sites for hydroxylation is 1. The zero-order chi connectivity index (χ0) is 26.2. The van der Waals surface area contributed by atoms with Crippen molar-refractivity contribution in [1.82, 2.24) is 28.7 Å². The standard InChI is InChI=1S/C28H26ClN7O2/c1-2-22-25(36-16-20(29)6-9-24(36)32-22)27(38)34-14-10-19(11-15-34)18-4-7-21(8-5-18)31-26(37)23-17-35-13-3-12-30-28(35)33-23/h3-9,12-13,16-17,19H,2,10-11,14-15H2,1H3,(H,31,37). The number of likely N-dealkylation sites (tertiary alicyclic amines) is 1. The van der Waals surface area contributed by atoms with E-state index in [-0.39, 0.29) is 11.8 Å². The molecular formula is C28H26ClN7O2. The molecule has 1 aliphatic heterocycles. The van der Waals surface area contributed by atoms with Crippen LogP contribution in [0, 0.1) is 0 Å². The molecule has 5 heterocycles. The van der Waals surface area contributed by atoms with E-state index in [1.807, 2.05) is 46.6 Å². The number of nitrogens with one attached hydrogen (secondary N) is 1. The molecule has 0 atom stereocenters. The molecule has 4 aromatic heterocycles. The Balaban J connectivity index is 1.10. The molecule has 0 unspecified atom stereocenters. The third-order valence-electron chi connectivity index (χ3n) is 7.08. The van der Waals surface area contributed by atoms with Crippen LogP contribution in [-0.4, -0.2) is 53.6 Å². The lowest BCUT2D eigenvalue weighted by Gasteiger charge is -2.32. The van der Waals surface area contributed by atoms with Crippen LogP contribution in [0.2, 0.25) is 5.02 Å². The van der Waals surface area contributed by atoms with Crippen LogP contribution in [0.4, 0.5) is 5.69 Å². The molecule has 192 valence electrons. The summed E-state index contributed by atoms with van der Waals surface area (Å²) in [5.74, 6) is 0.537. The molecule has 1 saturated heterocycles. The monoisotopic (exact) mass is 527 g/mol. The van der Waals surface area contributed by atoms with E-state index in [4.69, 9.17) is 11.6 Å². The molecule has 1 aliphatic rings. The zero-order valence-corrected chi connectivity index (χ0v) is 21.6. The van der Waals surface area contributed by atoms with Crippen molar-refractivity contribution in [3.05, 3.63) is 94.9 Å². The minimum absolute atomic E-state index is 0.00438. The number of imidazole rings is 2. The molecule has 0 spiro atoms. The number of benzene rings is 1. The molecule has 0 radical (unpaired) electrons. The minimum Gasteiger partial charge on any atom is -0.337 e. The molecule has 6 rings (SSSR count). The normalized spacial score (nSPS) is 14.3. The number of halogens is 1. The maximum absolute atomic E-state index is 13.5. The highest BCUT2D eigenvalue weighted by atomic mass is 35.5. The van der Waals surface area contributed by atoms with Crippen LogP contribution in [0.25, 0.3) is 11.4 Å². The van der Waals surface area contributed by atoms with Gasteiger partial charge in [-0.1, -0.05) is 30.7 Å². The lowest BCUT2D eigenvalue weighted by molar-refractivity contribution is 0.0704. The second-order valence-corrected chi connectivity index (χ2v) is 9.87. The van der Waals surface area contributed by atoms with E-state index in [1.54, 1.807) is 41.3 Å². The minimum atomic E-state index is -0.282. The van der Waals surface area contributed by atoms with Gasteiger partial charge in [0.1, 0.15) is 17.0 Å². The fourth-order valence-corrected chi connectivity index (χ4v) is 5.24. The first kappa shape index (κ1) is 24.1. The Morgan fingerprint density at radius 1 is 1.05 bits per heavy atom. The third kappa shape index (κ3) is 4.50. The van der Waals surface area contributed by atoms with E-state index in [0.717, 1.165) is 24.2 Å². The van der Waals surface area contributed by atoms with Gasteiger partial charge in [-0.25, -0.2) is 15.0 Å². The largest absolute Gasteiger partial charge is 0.337 e. The third-order valence-corrected chi connectivity index (χ3v) is 7.31. The summed E-state index contributed by atoms with van der Waals surface area (Å²) in [6, 6.07) is 13.3. The number of anilines is 1. The Hall–Kier alpha value is -4.24. The van der Waals surface area contributed by atoms with Crippen molar-refractivity contribution in [2.24, 2.45) is 0 Å². The highest BCUT2D eigenvalue weighted by Gasteiger charge is 2.28. The number of pyridine rings is 1. The summed E-state index contributed by atoms with van der Waals surface area (Å²) in [5, 5.41) is 3.47. The second-order valence-electron chi connectivity index (χ2n) is 9.43. The summed E-state index contributed by atoms with van der Waals surface area (Å²) < 4.78 is 3.52. The van der Waals surface area contributed by atoms with Gasteiger partial charge in [-0.2, -0.15) is 0 Å². The first-order valence-electron chi connectivity index (χ1n) is 12.7. The summed E-state index contributed by atoms with van der Waals surface area (Å²) in [7, 11) is 0. The van der Waals surface area contributed by atoms with Crippen molar-refractivity contribution in [1.29, 1.82) is 0 Å². The first-order valence-corrected chi connectivity index (χ1v) is 13.0. The lowest BCUT2D eigenvalue weighted by atomic mass is 9.89. The molecule has 1 aromatic carbocycles. The average Bonchev–Trinajstić information content (AvgIpc) is 3.54. The topological polar surface area (TPSA) is 96.9 Å². The number of amides is 2. The van der Waals surface area contributed by atoms with E-state index in [2.05, 4.69) is 20.3 Å². The number of nitrogens with zero attached hydrogens (tertiary/aromatic N) is 6. The molecule has 0 bridgehead atoms. The number of hydrogen-bond acceptors (Lipinski definition) is 5. The smallest absolute Gasteiger partial charge is 0.275 e. The fourth-order valence-electron chi connectivity index (χ4n) is 5.08. The number of hydrogen-bond donors (Lipinski definition) is 1. The molecule has 0 saturated carbocycles. The Morgan fingerprint density at radius 2 is 1.84 bits per heavy atom. The molecule has 2 amide bonds. The average molecular weight is 528 g/mol. The summed E-state index contributed by atoms with van der Waals surface area (Å²) in [5.41, 5.74) is 4.33. The first-order chi connectivity index (χ1) is 18.5. The van der Waals surface area contributed by atoms with Crippen LogP contribution in [0.3, 0.4) is 0 Å². The zero-order valence-electron chi connectivity index (χ0n) is 20.8. The molecule has 1 N–H and O–H groups in total. The van der Waals surface area contributed by atoms with E-state index >= 15 is 0 Å². The number of aromatic nitrogens is 5. The Kier molecular flexibility index (Phi) is 6.29. The number of fused-ring (bicyclic) bond motifs is 2. The summed E-state index contributed by atoms with van der Waals surface area (Å²) in [4.78, 5) is 41.1. The lowest BCUT2D eigenvalue weighted by Crippen LogP contribution is -2.38. The van der Waals surface area contributed by atoms with Gasteiger partial charge in [0, 0.05) is 43.6 Å². The Morgan fingerprint density at radius 3 is 2.58 bits per heavy atom. The maximum atomic E-state index is 13.5. The molecule has 10 heteroatoms. The molecule has 9 nitrogen and oxygen atoms in total. The van der Waals surface area contributed by atoms with Crippen LogP contribution in [0.1, 0.15) is 57.9 Å². The predicted octanol–water partition coefficient (Wildman–Crippen LogP) is 4.86. The predicted molar refractivity (Wildman–Crippen MR) is 145 cm³/mol. The van der Waals surface area contributed by atoms with Crippen LogP contribution in [0.5, 0.6) is 0 Å². The SMILES string of the molecule is CCc1nc2ccc(Cl)cn2c1C(=O)N1CCC(c2ccc(NC(=O)c3cn4cccnc4n3)cc2)CC1. The number of rotatable bonds is 5. The van der Waals surface area contributed by atoms with Gasteiger partial charge in [0.05, 0.1) is 10.7 Å². The van der Waals surface area contributed by atoms with E-state index in [0.29, 0.717) is 53.3 Å². The Bertz CT molecular complexity index is 1620. The van der Waals surface area contributed by atoms with Gasteiger partial charge in [0.2, 0.25) is 5.78 Å². The summed E-state index contributed by atoms with van der Waals surface area (Å²) in [6.45, 7) is 3.34. The van der Waals surface area contributed by atoms with Crippen molar-refractivity contribution < 1.29 is 9.59 Å². The van der Waals surface area contributed by atoms with Gasteiger partial charge in [-0.3, -0.25) is 18.4 Å². The van der Waals surface area contributed by atoms with Gasteiger partial charge < -0.3 is 10.2 Å². The molecular weight excluding hydrogens is 502 g/mol. The van der Waals surface area contributed by atoms with Crippen LogP contribution < -0.4 is 5.32 Å². The molecule has 38 heavy (non-hydrogen) atoms. The molecule has 0 aliphatic carbocycles. The van der Waals surface area contributed by atoms with E-state index in [9.17, 15) is 9.59 Å². The van der Waals surface area contributed by atoms with Gasteiger partial charge in [-0.05, 0) is 61.1 Å². The van der Waals surface area contributed by atoms with Crippen molar-refractivity contribution in [2.75, 3.05) is 18.4 Å². The van der Waals surface area contributed by atoms with Crippen molar-refractivity contribution in [3.63, 3.8) is 0 Å². The molecule has 1 fully saturated rings.